The first-order valence-corrected chi connectivity index (χ1v) is 9.58. The third-order valence-corrected chi connectivity index (χ3v) is 4.84. The van der Waals surface area contributed by atoms with Gasteiger partial charge in [-0.2, -0.15) is 0 Å². The molecule has 0 aliphatic carbocycles. The Hall–Kier alpha value is -2.05. The van der Waals surface area contributed by atoms with Crippen molar-refractivity contribution in [3.8, 4) is 0 Å². The summed E-state index contributed by atoms with van der Waals surface area (Å²) in [4.78, 5) is 12.1. The lowest BCUT2D eigenvalue weighted by atomic mass is 10.1. The SMILES string of the molecule is Cc1ccc(C(=O)NCCN(c2cccc(Cl)c2)S(C)(=O)=O)cc1. The summed E-state index contributed by atoms with van der Waals surface area (Å²) in [6, 6.07) is 13.8. The van der Waals surface area contributed by atoms with Gasteiger partial charge in [-0.05, 0) is 37.3 Å². The Morgan fingerprint density at radius 1 is 1.17 bits per heavy atom. The maximum absolute atomic E-state index is 12.1. The van der Waals surface area contributed by atoms with Gasteiger partial charge in [0.05, 0.1) is 18.5 Å². The second kappa shape index (κ2) is 7.68. The van der Waals surface area contributed by atoms with Crippen LogP contribution in [-0.2, 0) is 10.0 Å². The average molecular weight is 367 g/mol. The summed E-state index contributed by atoms with van der Waals surface area (Å²) in [6.07, 6.45) is 1.12. The van der Waals surface area contributed by atoms with Crippen molar-refractivity contribution < 1.29 is 13.2 Å². The highest BCUT2D eigenvalue weighted by Crippen LogP contribution is 2.21. The first kappa shape index (κ1) is 18.3. The van der Waals surface area contributed by atoms with Crippen LogP contribution < -0.4 is 9.62 Å². The van der Waals surface area contributed by atoms with E-state index in [1.165, 1.54) is 4.31 Å². The van der Waals surface area contributed by atoms with Gasteiger partial charge in [-0.3, -0.25) is 9.10 Å². The van der Waals surface area contributed by atoms with Crippen molar-refractivity contribution in [2.24, 2.45) is 0 Å². The van der Waals surface area contributed by atoms with Gasteiger partial charge < -0.3 is 5.32 Å². The fraction of sp³-hybridized carbons (Fsp3) is 0.235. The molecule has 0 aliphatic heterocycles. The fourth-order valence-corrected chi connectivity index (χ4v) is 3.30. The van der Waals surface area contributed by atoms with Crippen LogP contribution in [0.2, 0.25) is 5.02 Å². The van der Waals surface area contributed by atoms with E-state index in [2.05, 4.69) is 5.32 Å². The van der Waals surface area contributed by atoms with Gasteiger partial charge in [0.2, 0.25) is 10.0 Å². The number of carbonyl (C=O) groups is 1. The van der Waals surface area contributed by atoms with E-state index in [0.29, 0.717) is 16.3 Å². The minimum Gasteiger partial charge on any atom is -0.350 e. The lowest BCUT2D eigenvalue weighted by Crippen LogP contribution is -2.38. The van der Waals surface area contributed by atoms with Gasteiger partial charge in [-0.1, -0.05) is 35.4 Å². The van der Waals surface area contributed by atoms with E-state index in [1.54, 1.807) is 36.4 Å². The average Bonchev–Trinajstić information content (AvgIpc) is 2.50. The van der Waals surface area contributed by atoms with Crippen molar-refractivity contribution in [3.05, 3.63) is 64.7 Å². The Bertz CT molecular complexity index is 820. The topological polar surface area (TPSA) is 66.5 Å². The third kappa shape index (κ3) is 4.97. The van der Waals surface area contributed by atoms with E-state index in [-0.39, 0.29) is 19.0 Å². The molecule has 7 heteroatoms. The van der Waals surface area contributed by atoms with Crippen molar-refractivity contribution in [1.82, 2.24) is 5.32 Å². The molecule has 24 heavy (non-hydrogen) atoms. The number of nitrogens with zero attached hydrogens (tertiary/aromatic N) is 1. The van der Waals surface area contributed by atoms with Crippen LogP contribution in [0.3, 0.4) is 0 Å². The number of halogens is 1. The lowest BCUT2D eigenvalue weighted by Gasteiger charge is -2.22. The van der Waals surface area contributed by atoms with E-state index < -0.39 is 10.0 Å². The summed E-state index contributed by atoms with van der Waals surface area (Å²) in [6.45, 7) is 2.25. The van der Waals surface area contributed by atoms with Crippen molar-refractivity contribution in [3.63, 3.8) is 0 Å². The van der Waals surface area contributed by atoms with Crippen LogP contribution in [-0.4, -0.2) is 33.7 Å². The van der Waals surface area contributed by atoms with Crippen molar-refractivity contribution in [2.45, 2.75) is 6.92 Å². The number of anilines is 1. The van der Waals surface area contributed by atoms with Gasteiger partial charge in [-0.15, -0.1) is 0 Å². The molecule has 1 amide bonds. The molecule has 0 heterocycles. The number of carbonyl (C=O) groups excluding carboxylic acids is 1. The molecule has 128 valence electrons. The van der Waals surface area contributed by atoms with Crippen LogP contribution in [0.15, 0.2) is 48.5 Å². The molecule has 2 aromatic carbocycles. The summed E-state index contributed by atoms with van der Waals surface area (Å²) in [5.41, 5.74) is 2.07. The Labute approximate surface area is 147 Å². The molecule has 2 aromatic rings. The van der Waals surface area contributed by atoms with Crippen LogP contribution in [0.4, 0.5) is 5.69 Å². The number of rotatable bonds is 6. The predicted octanol–water partition coefficient (Wildman–Crippen LogP) is 2.84. The van der Waals surface area contributed by atoms with Gasteiger partial charge in [0.25, 0.3) is 5.91 Å². The van der Waals surface area contributed by atoms with E-state index in [0.717, 1.165) is 11.8 Å². The third-order valence-electron chi connectivity index (χ3n) is 3.41. The number of sulfonamides is 1. The molecule has 5 nitrogen and oxygen atoms in total. The largest absolute Gasteiger partial charge is 0.350 e. The van der Waals surface area contributed by atoms with Crippen LogP contribution in [0.1, 0.15) is 15.9 Å². The number of benzene rings is 2. The van der Waals surface area contributed by atoms with Crippen molar-refractivity contribution >= 4 is 33.2 Å². The molecule has 0 fully saturated rings. The van der Waals surface area contributed by atoms with Crippen LogP contribution >= 0.6 is 11.6 Å². The van der Waals surface area contributed by atoms with E-state index in [1.807, 2.05) is 19.1 Å². The highest BCUT2D eigenvalue weighted by atomic mass is 35.5. The normalized spacial score (nSPS) is 11.1. The molecular weight excluding hydrogens is 348 g/mol. The molecule has 0 aromatic heterocycles. The van der Waals surface area contributed by atoms with E-state index in [4.69, 9.17) is 11.6 Å². The highest BCUT2D eigenvalue weighted by molar-refractivity contribution is 7.92. The van der Waals surface area contributed by atoms with Gasteiger partial charge in [0, 0.05) is 17.1 Å². The smallest absolute Gasteiger partial charge is 0.251 e. The zero-order valence-corrected chi connectivity index (χ0v) is 15.1. The Balaban J connectivity index is 2.04. The minimum atomic E-state index is -3.48. The Kier molecular flexibility index (Phi) is 5.85. The maximum Gasteiger partial charge on any atom is 0.251 e. The van der Waals surface area contributed by atoms with Crippen molar-refractivity contribution in [1.29, 1.82) is 0 Å². The van der Waals surface area contributed by atoms with Gasteiger partial charge >= 0.3 is 0 Å². The molecule has 2 rings (SSSR count). The molecule has 0 atom stereocenters. The minimum absolute atomic E-state index is 0.122. The quantitative estimate of drug-likeness (QED) is 0.854. The first-order chi connectivity index (χ1) is 11.3. The number of hydrogen-bond donors (Lipinski definition) is 1. The summed E-state index contributed by atoms with van der Waals surface area (Å²) in [5, 5.41) is 3.18. The van der Waals surface area contributed by atoms with Crippen LogP contribution in [0.25, 0.3) is 0 Å². The zero-order chi connectivity index (χ0) is 17.7. The summed E-state index contributed by atoms with van der Waals surface area (Å²) >= 11 is 5.93. The number of amides is 1. The van der Waals surface area contributed by atoms with Gasteiger partial charge in [-0.25, -0.2) is 8.42 Å². The molecule has 0 saturated carbocycles. The fourth-order valence-electron chi connectivity index (χ4n) is 2.20. The second-order valence-electron chi connectivity index (χ2n) is 5.44. The number of nitrogens with one attached hydrogen (secondary N) is 1. The first-order valence-electron chi connectivity index (χ1n) is 7.35. The van der Waals surface area contributed by atoms with Gasteiger partial charge in [0.15, 0.2) is 0 Å². The predicted molar refractivity (Wildman–Crippen MR) is 97.2 cm³/mol. The van der Waals surface area contributed by atoms with Crippen molar-refractivity contribution in [2.75, 3.05) is 23.7 Å². The summed E-state index contributed by atoms with van der Waals surface area (Å²) < 4.78 is 25.2. The number of hydrogen-bond acceptors (Lipinski definition) is 3. The maximum atomic E-state index is 12.1. The summed E-state index contributed by atoms with van der Waals surface area (Å²) in [5.74, 6) is -0.241. The van der Waals surface area contributed by atoms with Crippen LogP contribution in [0, 0.1) is 6.92 Å². The summed E-state index contributed by atoms with van der Waals surface area (Å²) in [7, 11) is -3.48. The molecule has 0 spiro atoms. The molecule has 0 bridgehead atoms. The molecule has 0 unspecified atom stereocenters. The second-order valence-corrected chi connectivity index (χ2v) is 7.78. The van der Waals surface area contributed by atoms with Gasteiger partial charge in [0.1, 0.15) is 0 Å². The zero-order valence-electron chi connectivity index (χ0n) is 13.5. The monoisotopic (exact) mass is 366 g/mol. The Morgan fingerprint density at radius 2 is 1.83 bits per heavy atom. The van der Waals surface area contributed by atoms with E-state index in [9.17, 15) is 13.2 Å². The highest BCUT2D eigenvalue weighted by Gasteiger charge is 2.17. The van der Waals surface area contributed by atoms with Crippen LogP contribution in [0.5, 0.6) is 0 Å². The molecule has 1 N–H and O–H groups in total. The van der Waals surface area contributed by atoms with E-state index >= 15 is 0 Å². The standard InChI is InChI=1S/C17H19ClN2O3S/c1-13-6-8-14(9-7-13)17(21)19-10-11-20(24(2,22)23)16-5-3-4-15(18)12-16/h3-9,12H,10-11H2,1-2H3,(H,19,21). The molecular formula is C17H19ClN2O3S. The molecule has 0 aliphatic rings. The molecule has 0 saturated heterocycles. The Morgan fingerprint density at radius 3 is 2.42 bits per heavy atom. The molecule has 0 radical (unpaired) electrons. The lowest BCUT2D eigenvalue weighted by molar-refractivity contribution is 0.0955. The number of aryl methyl sites for hydroxylation is 1.